The van der Waals surface area contributed by atoms with Crippen molar-refractivity contribution in [3.8, 4) is 0 Å². The summed E-state index contributed by atoms with van der Waals surface area (Å²) >= 11 is 7.50. The smallest absolute Gasteiger partial charge is 0.283 e. The number of para-hydroxylation sites is 1. The van der Waals surface area contributed by atoms with Gasteiger partial charge in [-0.05, 0) is 54.4 Å². The molecule has 176 valence electrons. The molecule has 8 heteroatoms. The lowest BCUT2D eigenvalue weighted by Gasteiger charge is -2.20. The summed E-state index contributed by atoms with van der Waals surface area (Å²) in [6.07, 6.45) is 9.72. The van der Waals surface area contributed by atoms with Gasteiger partial charge in [0.2, 0.25) is 5.17 Å². The average Bonchev–Trinajstić information content (AvgIpc) is 3.46. The summed E-state index contributed by atoms with van der Waals surface area (Å²) in [6.45, 7) is 0.673. The lowest BCUT2D eigenvalue weighted by molar-refractivity contribution is -0.114. The van der Waals surface area contributed by atoms with Gasteiger partial charge in [0.05, 0.1) is 5.57 Å². The lowest BCUT2D eigenvalue weighted by atomic mass is 9.90. The van der Waals surface area contributed by atoms with Crippen molar-refractivity contribution in [2.75, 3.05) is 0 Å². The fourth-order valence-corrected chi connectivity index (χ4v) is 6.17. The molecular formula is C27H24ClN5OS. The van der Waals surface area contributed by atoms with Gasteiger partial charge in [0.15, 0.2) is 5.84 Å². The van der Waals surface area contributed by atoms with E-state index < -0.39 is 0 Å². The summed E-state index contributed by atoms with van der Waals surface area (Å²) in [5, 5.41) is 18.3. The fraction of sp³-hybridized carbons (Fsp3) is 0.259. The number of hydrogen-bond acceptors (Lipinski definition) is 4. The first-order valence-electron chi connectivity index (χ1n) is 11.9. The van der Waals surface area contributed by atoms with Crippen LogP contribution in [0.4, 0.5) is 0 Å². The van der Waals surface area contributed by atoms with Crippen LogP contribution >= 0.6 is 23.4 Å². The SMILES string of the molecule is N=C1/C(=C/c2cn(Cc3ccc(Cl)cc3)c3ccccc23)C(=O)N=C2SC(C3CCCCC3)=NN12. The van der Waals surface area contributed by atoms with E-state index in [1.54, 1.807) is 6.08 Å². The molecule has 0 unspecified atom stereocenters. The molecule has 1 aliphatic carbocycles. The van der Waals surface area contributed by atoms with Gasteiger partial charge in [0, 0.05) is 40.1 Å². The Hall–Kier alpha value is -3.16. The lowest BCUT2D eigenvalue weighted by Crippen LogP contribution is -2.35. The molecule has 3 aromatic rings. The minimum atomic E-state index is -0.386. The Labute approximate surface area is 212 Å². The van der Waals surface area contributed by atoms with Crippen LogP contribution in [0.5, 0.6) is 0 Å². The molecule has 0 spiro atoms. The Kier molecular flexibility index (Phi) is 5.82. The van der Waals surface area contributed by atoms with E-state index in [1.165, 1.54) is 36.0 Å². The van der Waals surface area contributed by atoms with Crippen LogP contribution < -0.4 is 0 Å². The third kappa shape index (κ3) is 4.23. The number of fused-ring (bicyclic) bond motifs is 2. The first kappa shape index (κ1) is 22.3. The van der Waals surface area contributed by atoms with E-state index in [2.05, 4.69) is 15.6 Å². The topological polar surface area (TPSA) is 73.8 Å². The molecule has 1 fully saturated rings. The maximum absolute atomic E-state index is 13.0. The molecule has 2 aromatic carbocycles. The highest BCUT2D eigenvalue weighted by molar-refractivity contribution is 8.27. The zero-order chi connectivity index (χ0) is 23.9. The van der Waals surface area contributed by atoms with E-state index in [9.17, 15) is 4.79 Å². The van der Waals surface area contributed by atoms with Crippen LogP contribution in [-0.4, -0.2) is 31.5 Å². The normalized spacial score (nSPS) is 19.9. The van der Waals surface area contributed by atoms with Gasteiger partial charge in [0.25, 0.3) is 5.91 Å². The van der Waals surface area contributed by atoms with Crippen LogP contribution in [0.15, 0.2) is 70.4 Å². The number of thioether (sulfide) groups is 1. The van der Waals surface area contributed by atoms with Crippen molar-refractivity contribution in [1.82, 2.24) is 9.58 Å². The van der Waals surface area contributed by atoms with E-state index in [1.807, 2.05) is 48.7 Å². The molecule has 3 aliphatic rings. The number of amides is 1. The molecule has 0 atom stereocenters. The fourth-order valence-electron chi connectivity index (χ4n) is 4.98. The Morgan fingerprint density at radius 2 is 1.86 bits per heavy atom. The number of hydrogen-bond donors (Lipinski definition) is 1. The summed E-state index contributed by atoms with van der Waals surface area (Å²) < 4.78 is 2.15. The van der Waals surface area contributed by atoms with E-state index in [-0.39, 0.29) is 17.3 Å². The van der Waals surface area contributed by atoms with E-state index in [0.717, 1.165) is 39.9 Å². The number of aromatic nitrogens is 1. The quantitative estimate of drug-likeness (QED) is 0.412. The van der Waals surface area contributed by atoms with Crippen molar-refractivity contribution < 1.29 is 4.79 Å². The van der Waals surface area contributed by atoms with Crippen LogP contribution in [0.3, 0.4) is 0 Å². The summed E-state index contributed by atoms with van der Waals surface area (Å²) in [7, 11) is 0. The number of nitrogens with zero attached hydrogens (tertiary/aromatic N) is 4. The van der Waals surface area contributed by atoms with E-state index in [0.29, 0.717) is 22.7 Å². The summed E-state index contributed by atoms with van der Waals surface area (Å²) in [5.74, 6) is 0.111. The zero-order valence-electron chi connectivity index (χ0n) is 19.1. The van der Waals surface area contributed by atoms with Gasteiger partial charge in [-0.25, -0.2) is 0 Å². The number of aliphatic imine (C=N–C) groups is 1. The summed E-state index contributed by atoms with van der Waals surface area (Å²) in [6, 6.07) is 15.9. The molecule has 35 heavy (non-hydrogen) atoms. The number of amidine groups is 2. The molecule has 1 amide bonds. The van der Waals surface area contributed by atoms with Crippen LogP contribution in [0.25, 0.3) is 17.0 Å². The van der Waals surface area contributed by atoms with Gasteiger partial charge in [-0.15, -0.1) is 0 Å². The second-order valence-corrected chi connectivity index (χ2v) is 10.6. The van der Waals surface area contributed by atoms with Crippen LogP contribution in [0, 0.1) is 11.3 Å². The van der Waals surface area contributed by atoms with Crippen molar-refractivity contribution in [2.45, 2.75) is 38.6 Å². The molecule has 1 aromatic heterocycles. The molecule has 1 N–H and O–H groups in total. The number of hydrazone groups is 1. The average molecular weight is 502 g/mol. The molecule has 6 rings (SSSR count). The third-order valence-electron chi connectivity index (χ3n) is 6.81. The van der Waals surface area contributed by atoms with Gasteiger partial charge < -0.3 is 4.57 Å². The van der Waals surface area contributed by atoms with Crippen molar-refractivity contribution in [2.24, 2.45) is 16.0 Å². The predicted molar refractivity (Wildman–Crippen MR) is 144 cm³/mol. The van der Waals surface area contributed by atoms with Crippen LogP contribution in [0.1, 0.15) is 43.2 Å². The number of benzene rings is 2. The van der Waals surface area contributed by atoms with Crippen molar-refractivity contribution >= 4 is 62.3 Å². The Morgan fingerprint density at radius 3 is 2.66 bits per heavy atom. The second kappa shape index (κ2) is 9.13. The molecule has 2 aliphatic heterocycles. The first-order chi connectivity index (χ1) is 17.1. The molecule has 1 saturated carbocycles. The molecular weight excluding hydrogens is 478 g/mol. The molecule has 0 bridgehead atoms. The van der Waals surface area contributed by atoms with E-state index >= 15 is 0 Å². The molecule has 0 radical (unpaired) electrons. The van der Waals surface area contributed by atoms with Gasteiger partial charge in [-0.3, -0.25) is 10.2 Å². The number of carbonyl (C=O) groups excluding carboxylic acids is 1. The summed E-state index contributed by atoms with van der Waals surface area (Å²) in [4.78, 5) is 17.3. The predicted octanol–water partition coefficient (Wildman–Crippen LogP) is 6.54. The van der Waals surface area contributed by atoms with Gasteiger partial charge in [0.1, 0.15) is 5.04 Å². The molecule has 3 heterocycles. The van der Waals surface area contributed by atoms with Gasteiger partial charge in [-0.2, -0.15) is 15.1 Å². The standard InChI is InChI=1S/C27H24ClN5OS/c28-20-12-10-17(11-13-20)15-32-16-19(21-8-4-5-9-23(21)32)14-22-24(29)33-27(30-25(22)34)35-26(31-33)18-6-2-1-3-7-18/h4-5,8-14,16,18,29H,1-3,6-7,15H2/b22-14-,29-24?. The minimum Gasteiger partial charge on any atom is -0.342 e. The minimum absolute atomic E-state index is 0.0906. The maximum atomic E-state index is 13.0. The Morgan fingerprint density at radius 1 is 1.09 bits per heavy atom. The highest BCUT2D eigenvalue weighted by Gasteiger charge is 2.38. The molecule has 6 nitrogen and oxygen atoms in total. The zero-order valence-corrected chi connectivity index (χ0v) is 20.6. The Bertz CT molecular complexity index is 1430. The van der Waals surface area contributed by atoms with Crippen molar-refractivity contribution in [3.05, 3.63) is 76.5 Å². The highest BCUT2D eigenvalue weighted by atomic mass is 35.5. The second-order valence-electron chi connectivity index (χ2n) is 9.15. The number of halogens is 1. The third-order valence-corrected chi connectivity index (χ3v) is 8.13. The van der Waals surface area contributed by atoms with Crippen LogP contribution in [-0.2, 0) is 11.3 Å². The van der Waals surface area contributed by atoms with Gasteiger partial charge in [-0.1, -0.05) is 61.2 Å². The number of carbonyl (C=O) groups is 1. The summed E-state index contributed by atoms with van der Waals surface area (Å²) in [5.41, 5.74) is 3.33. The Balaban J connectivity index is 1.34. The van der Waals surface area contributed by atoms with Gasteiger partial charge >= 0.3 is 0 Å². The van der Waals surface area contributed by atoms with E-state index in [4.69, 9.17) is 22.1 Å². The largest absolute Gasteiger partial charge is 0.342 e. The molecule has 0 saturated heterocycles. The maximum Gasteiger partial charge on any atom is 0.283 e. The van der Waals surface area contributed by atoms with Crippen LogP contribution in [0.2, 0.25) is 5.02 Å². The number of nitrogens with one attached hydrogen (secondary N) is 1. The van der Waals surface area contributed by atoms with Crippen molar-refractivity contribution in [1.29, 1.82) is 5.41 Å². The highest BCUT2D eigenvalue weighted by Crippen LogP contribution is 2.36. The monoisotopic (exact) mass is 501 g/mol. The van der Waals surface area contributed by atoms with Crippen molar-refractivity contribution in [3.63, 3.8) is 0 Å². The number of rotatable bonds is 4. The first-order valence-corrected chi connectivity index (χ1v) is 13.1.